The number of hydrogen-bond donors (Lipinski definition) is 3. The van der Waals surface area contributed by atoms with Gasteiger partial charge in [0.2, 0.25) is 11.5 Å². The van der Waals surface area contributed by atoms with Crippen molar-refractivity contribution in [3.8, 4) is 11.3 Å². The minimum absolute atomic E-state index is 0.0274. The monoisotopic (exact) mass is 605 g/mol. The molecule has 0 aromatic carbocycles. The van der Waals surface area contributed by atoms with E-state index in [2.05, 4.69) is 24.8 Å². The summed E-state index contributed by atoms with van der Waals surface area (Å²) in [6, 6.07) is 2.94. The summed E-state index contributed by atoms with van der Waals surface area (Å²) >= 11 is 4.86. The molecule has 0 radical (unpaired) electrons. The van der Waals surface area contributed by atoms with Gasteiger partial charge in [0.15, 0.2) is 21.9 Å². The molecule has 0 spiro atoms. The molecule has 0 saturated carbocycles. The average molecular weight is 606 g/mol. The van der Waals surface area contributed by atoms with Gasteiger partial charge in [0.25, 0.3) is 11.8 Å². The van der Waals surface area contributed by atoms with E-state index in [4.69, 9.17) is 10.6 Å². The number of aryl methyl sites for hydroxylation is 1. The molecule has 0 bridgehead atoms. The molecule has 13 nitrogen and oxygen atoms in total. The van der Waals surface area contributed by atoms with Crippen molar-refractivity contribution in [2.24, 2.45) is 12.2 Å². The predicted octanol–water partition coefficient (Wildman–Crippen LogP) is 1.30. The second-order valence-electron chi connectivity index (χ2n) is 8.10. The van der Waals surface area contributed by atoms with Crippen molar-refractivity contribution >= 4 is 75.0 Å². The molecule has 2 aliphatic heterocycles. The first-order valence-electron chi connectivity index (χ1n) is 11.4. The summed E-state index contributed by atoms with van der Waals surface area (Å²) in [6.45, 7) is 1.89. The van der Waals surface area contributed by atoms with Crippen molar-refractivity contribution in [1.29, 1.82) is 0 Å². The molecule has 3 aromatic rings. The van der Waals surface area contributed by atoms with Crippen LogP contribution >= 0.6 is 46.4 Å². The number of nitrogen functional groups attached to an aromatic ring is 1. The number of carboxylic acid groups (broad SMARTS) is 1. The third-order valence-corrected chi connectivity index (χ3v) is 9.57. The first kappa shape index (κ1) is 27.0. The highest BCUT2D eigenvalue weighted by Gasteiger charge is 2.54. The smallest absolute Gasteiger partial charge is 0.353 e. The van der Waals surface area contributed by atoms with Crippen LogP contribution in [0.5, 0.6) is 0 Å². The summed E-state index contributed by atoms with van der Waals surface area (Å²) in [7, 11) is 1.93. The average Bonchev–Trinajstić information content (AvgIpc) is 3.56. The Kier molecular flexibility index (Phi) is 7.83. The minimum atomic E-state index is -1.23. The summed E-state index contributed by atoms with van der Waals surface area (Å²) < 4.78 is 6.57. The molecule has 5 heterocycles. The van der Waals surface area contributed by atoms with Crippen molar-refractivity contribution in [3.63, 3.8) is 0 Å². The van der Waals surface area contributed by atoms with E-state index in [1.54, 1.807) is 6.92 Å². The summed E-state index contributed by atoms with van der Waals surface area (Å²) in [5.41, 5.74) is 7.02. The molecule has 202 valence electrons. The molecule has 2 amide bonds. The van der Waals surface area contributed by atoms with Crippen LogP contribution in [0.25, 0.3) is 11.3 Å². The first-order chi connectivity index (χ1) is 18.8. The third kappa shape index (κ3) is 5.47. The molecule has 2 aliphatic rings. The number of oxime groups is 1. The van der Waals surface area contributed by atoms with E-state index >= 15 is 0 Å². The number of fused-ring (bicyclic) bond motifs is 1. The van der Waals surface area contributed by atoms with Crippen molar-refractivity contribution in [2.75, 3.05) is 18.1 Å². The number of nitrogens with two attached hydrogens (primary N) is 1. The molecule has 39 heavy (non-hydrogen) atoms. The zero-order chi connectivity index (χ0) is 27.7. The Hall–Kier alpha value is -3.54. The van der Waals surface area contributed by atoms with Gasteiger partial charge >= 0.3 is 5.97 Å². The Labute approximate surface area is 238 Å². The number of anilines is 1. The van der Waals surface area contributed by atoms with E-state index in [1.165, 1.54) is 39.8 Å². The first-order valence-corrected chi connectivity index (χ1v) is 14.9. The fraction of sp³-hybridized carbons (Fsp3) is 0.273. The van der Waals surface area contributed by atoms with Crippen LogP contribution in [0, 0.1) is 0 Å². The number of aliphatic carboxylic acids is 1. The third-order valence-electron chi connectivity index (χ3n) is 5.54. The lowest BCUT2D eigenvalue weighted by Crippen LogP contribution is -2.71. The van der Waals surface area contributed by atoms with Crippen molar-refractivity contribution in [3.05, 3.63) is 46.3 Å². The SMILES string of the molecule is CCO/N=C(/C(=O)NC1C(=O)N2C(C(=O)O)=C(Sc3nc(-c4cc[n+](C)cc4)cs3)CS[C@H]12)c1nsc(N)n1. The van der Waals surface area contributed by atoms with E-state index in [9.17, 15) is 19.5 Å². The lowest BCUT2D eigenvalue weighted by molar-refractivity contribution is -0.671. The fourth-order valence-corrected chi connectivity index (χ4v) is 7.63. The van der Waals surface area contributed by atoms with Gasteiger partial charge in [-0.25, -0.2) is 14.3 Å². The van der Waals surface area contributed by atoms with Gasteiger partial charge in [-0.15, -0.1) is 23.1 Å². The quantitative estimate of drug-likeness (QED) is 0.139. The van der Waals surface area contributed by atoms with Gasteiger partial charge in [-0.1, -0.05) is 16.9 Å². The Bertz CT molecular complexity index is 1500. The fourth-order valence-electron chi connectivity index (χ4n) is 3.74. The highest BCUT2D eigenvalue weighted by atomic mass is 32.2. The molecule has 5 rings (SSSR count). The Balaban J connectivity index is 1.32. The van der Waals surface area contributed by atoms with Crippen LogP contribution in [0.1, 0.15) is 12.7 Å². The van der Waals surface area contributed by atoms with E-state index in [0.29, 0.717) is 15.0 Å². The van der Waals surface area contributed by atoms with Crippen molar-refractivity contribution in [1.82, 2.24) is 24.6 Å². The Morgan fingerprint density at radius 1 is 1.36 bits per heavy atom. The molecule has 1 unspecified atom stereocenters. The second kappa shape index (κ2) is 11.3. The van der Waals surface area contributed by atoms with Crippen molar-refractivity contribution in [2.45, 2.75) is 22.7 Å². The predicted molar refractivity (Wildman–Crippen MR) is 147 cm³/mol. The number of hydrogen-bond acceptors (Lipinski definition) is 13. The Morgan fingerprint density at radius 2 is 2.13 bits per heavy atom. The number of carbonyl (C=O) groups excluding carboxylic acids is 2. The number of rotatable bonds is 9. The zero-order valence-electron chi connectivity index (χ0n) is 20.4. The van der Waals surface area contributed by atoms with E-state index in [1.807, 2.05) is 41.5 Å². The molecule has 4 N–H and O–H groups in total. The number of carboxylic acids is 1. The highest BCUT2D eigenvalue weighted by Crippen LogP contribution is 2.46. The number of thiazole rings is 1. The number of nitrogens with one attached hydrogen (secondary N) is 1. The van der Waals surface area contributed by atoms with Gasteiger partial charge in [-0.2, -0.15) is 9.36 Å². The molecule has 3 aromatic heterocycles. The largest absolute Gasteiger partial charge is 0.477 e. The summed E-state index contributed by atoms with van der Waals surface area (Å²) in [6.07, 6.45) is 3.84. The standard InChI is InChI=1S/C22H20N8O5S4/c1-3-35-27-13(16-26-21(23)39-28-16)17(31)25-14-18(32)30-15(20(33)34)12(9-36-19(14)30)38-22-24-11(8-37-22)10-4-6-29(2)7-5-10/h4-8,14,19H,3,9H2,1-2H3,(H3-,23,25,26,28,31,33,34)/p+1/b27-13+/t14?,19-/m1/s1. The van der Waals surface area contributed by atoms with Gasteiger partial charge < -0.3 is 21.0 Å². The lowest BCUT2D eigenvalue weighted by Gasteiger charge is -2.49. The number of aromatic nitrogens is 4. The molecule has 2 atom stereocenters. The van der Waals surface area contributed by atoms with Crippen LogP contribution in [-0.4, -0.2) is 71.6 Å². The number of thioether (sulfide) groups is 2. The van der Waals surface area contributed by atoms with E-state index in [0.717, 1.165) is 22.8 Å². The summed E-state index contributed by atoms with van der Waals surface area (Å²) in [4.78, 5) is 53.7. The van der Waals surface area contributed by atoms with Crippen LogP contribution in [0.3, 0.4) is 0 Å². The Morgan fingerprint density at radius 3 is 2.79 bits per heavy atom. The van der Waals surface area contributed by atoms with Crippen LogP contribution in [0.4, 0.5) is 5.13 Å². The van der Waals surface area contributed by atoms with Gasteiger partial charge in [0.1, 0.15) is 30.8 Å². The lowest BCUT2D eigenvalue weighted by atomic mass is 10.0. The number of pyridine rings is 1. The second-order valence-corrected chi connectivity index (χ2v) is 12.2. The normalized spacial score (nSPS) is 19.0. The summed E-state index contributed by atoms with van der Waals surface area (Å²) in [5.74, 6) is -2.21. The van der Waals surface area contributed by atoms with Gasteiger partial charge in [0, 0.05) is 45.3 Å². The van der Waals surface area contributed by atoms with Gasteiger partial charge in [-0.3, -0.25) is 14.5 Å². The topological polar surface area (TPSA) is 177 Å². The molecule has 0 aliphatic carbocycles. The van der Waals surface area contributed by atoms with Crippen LogP contribution in [0.2, 0.25) is 0 Å². The van der Waals surface area contributed by atoms with E-state index < -0.39 is 29.2 Å². The van der Waals surface area contributed by atoms with Gasteiger partial charge in [-0.05, 0) is 6.92 Å². The molecular weight excluding hydrogens is 585 g/mol. The number of carbonyl (C=O) groups is 3. The summed E-state index contributed by atoms with van der Waals surface area (Å²) in [5, 5.41) is 17.8. The van der Waals surface area contributed by atoms with Crippen molar-refractivity contribution < 1.29 is 28.9 Å². The maximum Gasteiger partial charge on any atom is 0.353 e. The molecule has 17 heteroatoms. The maximum absolute atomic E-state index is 13.1. The number of amides is 2. The molecule has 1 fully saturated rings. The zero-order valence-corrected chi connectivity index (χ0v) is 23.7. The molecule has 1 saturated heterocycles. The minimum Gasteiger partial charge on any atom is -0.477 e. The maximum atomic E-state index is 13.1. The van der Waals surface area contributed by atoms with E-state index in [-0.39, 0.29) is 29.0 Å². The van der Waals surface area contributed by atoms with Gasteiger partial charge in [0.05, 0.1) is 5.69 Å². The number of β-lactam (4-membered cyclic amide) rings is 1. The molecular formula is C22H21N8O5S4+. The van der Waals surface area contributed by atoms with Crippen LogP contribution < -0.4 is 15.6 Å². The van der Waals surface area contributed by atoms with Crippen LogP contribution in [-0.2, 0) is 26.3 Å². The highest BCUT2D eigenvalue weighted by molar-refractivity contribution is 8.07. The number of nitrogens with zero attached hydrogens (tertiary/aromatic N) is 6. The van der Waals surface area contributed by atoms with Crippen LogP contribution in [0.15, 0.2) is 50.0 Å².